The maximum absolute atomic E-state index is 12.9. The Hall–Kier alpha value is 0.150. The van der Waals surface area contributed by atoms with Crippen LogP contribution in [0.5, 0.6) is 0 Å². The minimum absolute atomic E-state index is 0.109. The molecule has 0 N–H and O–H groups in total. The monoisotopic (exact) mass is 299 g/mol. The van der Waals surface area contributed by atoms with Crippen molar-refractivity contribution in [3.8, 4) is 0 Å². The Balaban J connectivity index is 5.95. The van der Waals surface area contributed by atoms with Crippen LogP contribution in [0.4, 0.5) is 7.77 Å². The predicted octanol–water partition coefficient (Wildman–Crippen LogP) is 1.48. The molecule has 0 aromatic rings. The Morgan fingerprint density at radius 2 is 1.31 bits per heavy atom. The molecule has 0 saturated heterocycles. The van der Waals surface area contributed by atoms with Crippen molar-refractivity contribution in [2.24, 2.45) is 0 Å². The summed E-state index contributed by atoms with van der Waals surface area (Å²) >= 11 is 0. The van der Waals surface area contributed by atoms with E-state index in [1.807, 2.05) is 0 Å². The molecule has 100 valence electrons. The van der Waals surface area contributed by atoms with Gasteiger partial charge in [0.05, 0.1) is 0 Å². The zero-order valence-corrected chi connectivity index (χ0v) is 12.0. The number of hydrogen-bond donors (Lipinski definition) is 0. The summed E-state index contributed by atoms with van der Waals surface area (Å²) in [4.78, 5) is 0. The molecular formula is C6H16F2NO4PS2. The molecular weight excluding hydrogens is 283 g/mol. The van der Waals surface area contributed by atoms with Crippen LogP contribution < -0.4 is 0 Å². The van der Waals surface area contributed by atoms with Crippen molar-refractivity contribution in [2.75, 3.05) is 26.2 Å². The number of hydrogen-bond acceptors (Lipinski definition) is 4. The Bertz CT molecular complexity index is 432. The van der Waals surface area contributed by atoms with Gasteiger partial charge in [0.1, 0.15) is 0 Å². The average Bonchev–Trinajstić information content (AvgIpc) is 1.72. The average molecular weight is 299 g/mol. The normalized spacial score (nSPS) is 17.1. The van der Waals surface area contributed by atoms with E-state index in [0.29, 0.717) is 6.42 Å². The Kier molecular flexibility index (Phi) is 4.15. The maximum atomic E-state index is 12.9. The van der Waals surface area contributed by atoms with Crippen molar-refractivity contribution in [1.82, 2.24) is 3.48 Å². The van der Waals surface area contributed by atoms with Gasteiger partial charge in [0.15, 0.2) is 0 Å². The van der Waals surface area contributed by atoms with Crippen LogP contribution in [-0.4, -0.2) is 46.5 Å². The molecule has 0 aromatic heterocycles. The summed E-state index contributed by atoms with van der Waals surface area (Å²) in [5.41, 5.74) is 0. The van der Waals surface area contributed by atoms with E-state index >= 15 is 0 Å². The van der Waals surface area contributed by atoms with Crippen LogP contribution in [0.3, 0.4) is 0 Å². The zero-order valence-electron chi connectivity index (χ0n) is 9.51. The quantitative estimate of drug-likeness (QED) is 0.569. The van der Waals surface area contributed by atoms with Gasteiger partial charge in [-0.2, -0.15) is 0 Å². The molecule has 0 spiro atoms. The molecule has 0 saturated carbocycles. The van der Waals surface area contributed by atoms with Crippen molar-refractivity contribution >= 4 is 27.6 Å². The van der Waals surface area contributed by atoms with Crippen LogP contribution in [0.2, 0.25) is 0 Å². The van der Waals surface area contributed by atoms with Crippen molar-refractivity contribution < 1.29 is 24.6 Å². The summed E-state index contributed by atoms with van der Waals surface area (Å²) in [6.45, 7) is 1.84. The van der Waals surface area contributed by atoms with E-state index < -0.39 is 31.1 Å². The molecule has 0 rings (SSSR count). The van der Waals surface area contributed by atoms with Crippen molar-refractivity contribution in [3.05, 3.63) is 0 Å². The predicted molar refractivity (Wildman–Crippen MR) is 61.7 cm³/mol. The second kappa shape index (κ2) is 4.12. The molecule has 0 aliphatic carbocycles. The molecule has 10 heteroatoms. The van der Waals surface area contributed by atoms with Crippen LogP contribution in [0.15, 0.2) is 0 Å². The van der Waals surface area contributed by atoms with E-state index in [9.17, 15) is 24.6 Å². The zero-order chi connectivity index (χ0) is 13.4. The summed E-state index contributed by atoms with van der Waals surface area (Å²) in [7, 11) is -11.3. The van der Waals surface area contributed by atoms with Crippen LogP contribution in [0.1, 0.15) is 13.3 Å². The van der Waals surface area contributed by atoms with Crippen LogP contribution >= 0.6 is 6.75 Å². The van der Waals surface area contributed by atoms with Gasteiger partial charge in [0.2, 0.25) is 0 Å². The molecule has 0 amide bonds. The molecule has 0 atom stereocenters. The van der Waals surface area contributed by atoms with E-state index in [1.54, 1.807) is 6.92 Å². The van der Waals surface area contributed by atoms with Crippen molar-refractivity contribution in [1.29, 1.82) is 0 Å². The molecule has 0 bridgehead atoms. The van der Waals surface area contributed by atoms with E-state index in [2.05, 4.69) is 0 Å². The second-order valence-corrected chi connectivity index (χ2v) is 14.9. The van der Waals surface area contributed by atoms with Crippen molar-refractivity contribution in [2.45, 2.75) is 13.3 Å². The van der Waals surface area contributed by atoms with E-state index in [4.69, 9.17) is 0 Å². The van der Waals surface area contributed by atoms with Gasteiger partial charge in [-0.25, -0.2) is 0 Å². The number of rotatable bonds is 5. The van der Waals surface area contributed by atoms with Crippen LogP contribution in [-0.2, 0) is 20.8 Å². The Morgan fingerprint density at radius 3 is 1.50 bits per heavy atom. The van der Waals surface area contributed by atoms with Gasteiger partial charge in [-0.15, -0.1) is 0 Å². The standard InChI is InChI=1S/C6H16F2NO4PS2/c1-5-6-14(2,3,4)9(15(7,10)11)16(8,12)13/h5-6H2,1-4H3. The topological polar surface area (TPSA) is 71.5 Å². The number of halogens is 2. The molecule has 0 radical (unpaired) electrons. The molecule has 16 heavy (non-hydrogen) atoms. The molecule has 5 nitrogen and oxygen atoms in total. The van der Waals surface area contributed by atoms with E-state index in [1.165, 1.54) is 20.0 Å². The summed E-state index contributed by atoms with van der Waals surface area (Å²) in [5, 5.41) is 0. The minimum atomic E-state index is -5.63. The van der Waals surface area contributed by atoms with Crippen molar-refractivity contribution in [3.63, 3.8) is 0 Å². The first-order valence-corrected chi connectivity index (χ1v) is 10.8. The third kappa shape index (κ3) is 3.87. The van der Waals surface area contributed by atoms with Crippen LogP contribution in [0.25, 0.3) is 0 Å². The third-order valence-corrected chi connectivity index (χ3v) is 11.8. The summed E-state index contributed by atoms with van der Waals surface area (Å²) in [6.07, 6.45) is 0.529. The molecule has 0 fully saturated rings. The van der Waals surface area contributed by atoms with E-state index in [-0.39, 0.29) is 6.16 Å². The molecule has 0 unspecified atom stereocenters. The molecule has 0 heterocycles. The summed E-state index contributed by atoms with van der Waals surface area (Å²) < 4.78 is 68.4. The summed E-state index contributed by atoms with van der Waals surface area (Å²) in [5.74, 6) is 0. The second-order valence-electron chi connectivity index (χ2n) is 4.82. The first-order valence-electron chi connectivity index (χ1n) is 4.41. The van der Waals surface area contributed by atoms with Gasteiger partial charge in [-0.05, 0) is 0 Å². The Labute approximate surface area is 95.5 Å². The van der Waals surface area contributed by atoms with Gasteiger partial charge in [-0.1, -0.05) is 0 Å². The van der Waals surface area contributed by atoms with Gasteiger partial charge < -0.3 is 0 Å². The first-order chi connectivity index (χ1) is 6.70. The SMILES string of the molecule is CCCP(C)(C)(C)N(S(=O)(=O)F)S(=O)(=O)F. The van der Waals surface area contributed by atoms with E-state index in [0.717, 1.165) is 0 Å². The molecule has 0 aromatic carbocycles. The van der Waals surface area contributed by atoms with Crippen LogP contribution in [0, 0.1) is 0 Å². The summed E-state index contributed by atoms with van der Waals surface area (Å²) in [6, 6.07) is 0. The van der Waals surface area contributed by atoms with Gasteiger partial charge in [0, 0.05) is 0 Å². The fourth-order valence-electron chi connectivity index (χ4n) is 1.68. The molecule has 0 aliphatic heterocycles. The fraction of sp³-hybridized carbons (Fsp3) is 1.00. The van der Waals surface area contributed by atoms with Gasteiger partial charge in [0.25, 0.3) is 0 Å². The van der Waals surface area contributed by atoms with Gasteiger partial charge in [-0.3, -0.25) is 0 Å². The first kappa shape index (κ1) is 16.1. The Morgan fingerprint density at radius 1 is 1.00 bits per heavy atom. The third-order valence-electron chi connectivity index (χ3n) is 1.97. The number of nitrogens with zero attached hydrogens (tertiary/aromatic N) is 1. The van der Waals surface area contributed by atoms with Gasteiger partial charge >= 0.3 is 95.2 Å². The molecule has 0 aliphatic rings. The fourth-order valence-corrected chi connectivity index (χ4v) is 10.5.